The summed E-state index contributed by atoms with van der Waals surface area (Å²) in [6.07, 6.45) is 5.98. The van der Waals surface area contributed by atoms with Crippen LogP contribution in [0.25, 0.3) is 0 Å². The van der Waals surface area contributed by atoms with Crippen molar-refractivity contribution in [1.82, 2.24) is 9.55 Å². The number of imidazole rings is 1. The monoisotopic (exact) mass is 181 g/mol. The molecule has 0 aliphatic carbocycles. The fourth-order valence-corrected chi connectivity index (χ4v) is 1.70. The maximum Gasteiger partial charge on any atom is 0.141 e. The summed E-state index contributed by atoms with van der Waals surface area (Å²) in [6, 6.07) is 0. The standard InChI is InChI=1S/C9H15N3O/c10-9-6-12(7-11-9)5-8-1-3-13-4-2-8/h6-8H,1-5,10H2. The highest BCUT2D eigenvalue weighted by Crippen LogP contribution is 2.16. The average Bonchev–Trinajstić information content (AvgIpc) is 2.53. The van der Waals surface area contributed by atoms with Crippen LogP contribution in [-0.2, 0) is 11.3 Å². The number of nitrogens with zero attached hydrogens (tertiary/aromatic N) is 2. The van der Waals surface area contributed by atoms with Crippen LogP contribution in [0.15, 0.2) is 12.5 Å². The van der Waals surface area contributed by atoms with E-state index in [1.165, 1.54) is 0 Å². The van der Waals surface area contributed by atoms with Crippen molar-refractivity contribution in [2.75, 3.05) is 18.9 Å². The Hall–Kier alpha value is -1.03. The second-order valence-electron chi connectivity index (χ2n) is 3.55. The summed E-state index contributed by atoms with van der Waals surface area (Å²) in [6.45, 7) is 2.82. The normalized spacial score (nSPS) is 19.1. The van der Waals surface area contributed by atoms with Gasteiger partial charge in [0.15, 0.2) is 0 Å². The van der Waals surface area contributed by atoms with E-state index in [1.807, 2.05) is 6.20 Å². The predicted octanol–water partition coefficient (Wildman–Crippen LogP) is 0.892. The van der Waals surface area contributed by atoms with Gasteiger partial charge >= 0.3 is 0 Å². The van der Waals surface area contributed by atoms with Crippen molar-refractivity contribution in [3.05, 3.63) is 12.5 Å². The van der Waals surface area contributed by atoms with Gasteiger partial charge in [-0.05, 0) is 18.8 Å². The molecule has 2 N–H and O–H groups in total. The molecule has 0 radical (unpaired) electrons. The maximum atomic E-state index is 5.53. The third-order valence-corrected chi connectivity index (χ3v) is 2.46. The fraction of sp³-hybridized carbons (Fsp3) is 0.667. The lowest BCUT2D eigenvalue weighted by atomic mass is 10.0. The van der Waals surface area contributed by atoms with Gasteiger partial charge in [-0.25, -0.2) is 4.98 Å². The SMILES string of the molecule is Nc1cn(CC2CCOCC2)cn1. The van der Waals surface area contributed by atoms with Crippen LogP contribution in [0.3, 0.4) is 0 Å². The molecule has 2 rings (SSSR count). The summed E-state index contributed by atoms with van der Waals surface area (Å²) in [5.41, 5.74) is 5.53. The number of nitrogens with two attached hydrogens (primary N) is 1. The number of nitrogen functional groups attached to an aromatic ring is 1. The van der Waals surface area contributed by atoms with E-state index in [4.69, 9.17) is 10.5 Å². The average molecular weight is 181 g/mol. The largest absolute Gasteiger partial charge is 0.382 e. The number of anilines is 1. The zero-order chi connectivity index (χ0) is 9.10. The van der Waals surface area contributed by atoms with Gasteiger partial charge in [0, 0.05) is 26.0 Å². The first-order valence-corrected chi connectivity index (χ1v) is 4.69. The molecule has 1 aliphatic heterocycles. The highest BCUT2D eigenvalue weighted by molar-refractivity contribution is 5.22. The van der Waals surface area contributed by atoms with E-state index in [2.05, 4.69) is 9.55 Å². The van der Waals surface area contributed by atoms with Crippen LogP contribution in [0.2, 0.25) is 0 Å². The Labute approximate surface area is 77.7 Å². The Morgan fingerprint density at radius 2 is 2.31 bits per heavy atom. The van der Waals surface area contributed by atoms with Crippen LogP contribution in [-0.4, -0.2) is 22.8 Å². The van der Waals surface area contributed by atoms with E-state index in [0.717, 1.165) is 38.5 Å². The lowest BCUT2D eigenvalue weighted by molar-refractivity contribution is 0.0612. The van der Waals surface area contributed by atoms with E-state index in [1.54, 1.807) is 6.33 Å². The van der Waals surface area contributed by atoms with E-state index in [9.17, 15) is 0 Å². The predicted molar refractivity (Wildman–Crippen MR) is 50.2 cm³/mol. The second kappa shape index (κ2) is 3.79. The van der Waals surface area contributed by atoms with Gasteiger partial charge in [-0.15, -0.1) is 0 Å². The summed E-state index contributed by atoms with van der Waals surface area (Å²) >= 11 is 0. The molecule has 2 heterocycles. The van der Waals surface area contributed by atoms with Gasteiger partial charge in [0.25, 0.3) is 0 Å². The fourth-order valence-electron chi connectivity index (χ4n) is 1.70. The van der Waals surface area contributed by atoms with Crippen LogP contribution in [0.1, 0.15) is 12.8 Å². The molecule has 4 heteroatoms. The molecule has 1 aromatic rings. The molecule has 1 saturated heterocycles. The van der Waals surface area contributed by atoms with Crippen LogP contribution in [0.5, 0.6) is 0 Å². The van der Waals surface area contributed by atoms with Crippen LogP contribution < -0.4 is 5.73 Å². The zero-order valence-electron chi connectivity index (χ0n) is 7.65. The number of rotatable bonds is 2. The minimum Gasteiger partial charge on any atom is -0.382 e. The van der Waals surface area contributed by atoms with Gasteiger partial charge in [-0.3, -0.25) is 0 Å². The molecular weight excluding hydrogens is 166 g/mol. The molecule has 4 nitrogen and oxygen atoms in total. The molecule has 1 aromatic heterocycles. The molecule has 0 unspecified atom stereocenters. The number of ether oxygens (including phenoxy) is 1. The van der Waals surface area contributed by atoms with Gasteiger partial charge in [0.05, 0.1) is 6.33 Å². The summed E-state index contributed by atoms with van der Waals surface area (Å²) in [4.78, 5) is 3.99. The minimum atomic E-state index is 0.604. The smallest absolute Gasteiger partial charge is 0.141 e. The number of hydrogen-bond donors (Lipinski definition) is 1. The Bertz CT molecular complexity index is 266. The van der Waals surface area contributed by atoms with Crippen molar-refractivity contribution in [2.45, 2.75) is 19.4 Å². The Balaban J connectivity index is 1.89. The first-order valence-electron chi connectivity index (χ1n) is 4.69. The summed E-state index contributed by atoms with van der Waals surface area (Å²) in [5, 5.41) is 0. The van der Waals surface area contributed by atoms with Gasteiger partial charge in [-0.1, -0.05) is 0 Å². The Morgan fingerprint density at radius 3 is 2.92 bits per heavy atom. The molecule has 13 heavy (non-hydrogen) atoms. The highest BCUT2D eigenvalue weighted by atomic mass is 16.5. The van der Waals surface area contributed by atoms with Crippen molar-refractivity contribution in [2.24, 2.45) is 5.92 Å². The molecule has 0 spiro atoms. The van der Waals surface area contributed by atoms with Crippen LogP contribution >= 0.6 is 0 Å². The molecule has 0 atom stereocenters. The van der Waals surface area contributed by atoms with Crippen LogP contribution in [0, 0.1) is 5.92 Å². The van der Waals surface area contributed by atoms with E-state index in [0.29, 0.717) is 5.82 Å². The highest BCUT2D eigenvalue weighted by Gasteiger charge is 2.13. The molecular formula is C9H15N3O. The third-order valence-electron chi connectivity index (χ3n) is 2.46. The lowest BCUT2D eigenvalue weighted by Crippen LogP contribution is -2.19. The Kier molecular flexibility index (Phi) is 2.49. The molecule has 0 bridgehead atoms. The van der Waals surface area contributed by atoms with Gasteiger partial charge < -0.3 is 15.0 Å². The van der Waals surface area contributed by atoms with Crippen molar-refractivity contribution in [3.8, 4) is 0 Å². The van der Waals surface area contributed by atoms with E-state index >= 15 is 0 Å². The quantitative estimate of drug-likeness (QED) is 0.737. The molecule has 1 fully saturated rings. The van der Waals surface area contributed by atoms with E-state index in [-0.39, 0.29) is 0 Å². The zero-order valence-corrected chi connectivity index (χ0v) is 7.65. The van der Waals surface area contributed by atoms with Crippen LogP contribution in [0.4, 0.5) is 5.82 Å². The van der Waals surface area contributed by atoms with Gasteiger partial charge in [-0.2, -0.15) is 0 Å². The van der Waals surface area contributed by atoms with Crippen molar-refractivity contribution < 1.29 is 4.74 Å². The summed E-state index contributed by atoms with van der Waals surface area (Å²) < 4.78 is 7.35. The molecule has 1 aliphatic rings. The van der Waals surface area contributed by atoms with Gasteiger partial charge in [0.2, 0.25) is 0 Å². The summed E-state index contributed by atoms with van der Waals surface area (Å²) in [5.74, 6) is 1.33. The van der Waals surface area contributed by atoms with E-state index < -0.39 is 0 Å². The maximum absolute atomic E-state index is 5.53. The number of hydrogen-bond acceptors (Lipinski definition) is 3. The lowest BCUT2D eigenvalue weighted by Gasteiger charge is -2.21. The van der Waals surface area contributed by atoms with Crippen molar-refractivity contribution in [1.29, 1.82) is 0 Å². The van der Waals surface area contributed by atoms with Crippen molar-refractivity contribution in [3.63, 3.8) is 0 Å². The first kappa shape index (κ1) is 8.56. The summed E-state index contributed by atoms with van der Waals surface area (Å²) in [7, 11) is 0. The first-order chi connectivity index (χ1) is 6.34. The van der Waals surface area contributed by atoms with Crippen molar-refractivity contribution >= 4 is 5.82 Å². The molecule has 72 valence electrons. The third kappa shape index (κ3) is 2.21. The topological polar surface area (TPSA) is 53.1 Å². The molecule has 0 aromatic carbocycles. The van der Waals surface area contributed by atoms with Gasteiger partial charge in [0.1, 0.15) is 5.82 Å². The molecule has 0 saturated carbocycles. The minimum absolute atomic E-state index is 0.604. The Morgan fingerprint density at radius 1 is 1.54 bits per heavy atom. The number of aromatic nitrogens is 2. The second-order valence-corrected chi connectivity index (χ2v) is 3.55. The molecule has 0 amide bonds.